The molecular formula is C17H22N4O. The van der Waals surface area contributed by atoms with Crippen molar-refractivity contribution in [3.8, 4) is 0 Å². The van der Waals surface area contributed by atoms with Crippen LogP contribution in [0.2, 0.25) is 0 Å². The third-order valence-electron chi connectivity index (χ3n) is 4.27. The second-order valence-electron chi connectivity index (χ2n) is 6.16. The number of nitrogens with zero attached hydrogens (tertiary/aromatic N) is 3. The van der Waals surface area contributed by atoms with Gasteiger partial charge in [0.15, 0.2) is 0 Å². The number of amides is 1. The smallest absolute Gasteiger partial charge is 0.274 e. The van der Waals surface area contributed by atoms with Gasteiger partial charge < -0.3 is 4.90 Å². The number of piperidine rings is 1. The number of hydrogen-bond acceptors (Lipinski definition) is 3. The molecule has 1 atom stereocenters. The molecule has 0 radical (unpaired) electrons. The number of aromatic nitrogens is 3. The molecule has 0 saturated carbocycles. The molecule has 3 rings (SSSR count). The number of H-pyrrole nitrogens is 1. The quantitative estimate of drug-likeness (QED) is 0.945. The maximum atomic E-state index is 12.8. The molecule has 1 fully saturated rings. The Morgan fingerprint density at radius 3 is 2.95 bits per heavy atom. The van der Waals surface area contributed by atoms with Crippen LogP contribution in [0.5, 0.6) is 0 Å². The molecule has 0 aliphatic carbocycles. The molecule has 2 aromatic heterocycles. The highest BCUT2D eigenvalue weighted by Gasteiger charge is 2.30. The topological polar surface area (TPSA) is 61.9 Å². The van der Waals surface area contributed by atoms with Gasteiger partial charge in [0.2, 0.25) is 0 Å². The predicted molar refractivity (Wildman–Crippen MR) is 84.5 cm³/mol. The minimum atomic E-state index is 0.0108. The second-order valence-corrected chi connectivity index (χ2v) is 6.16. The molecule has 0 unspecified atom stereocenters. The van der Waals surface area contributed by atoms with Crippen LogP contribution >= 0.6 is 0 Å². The van der Waals surface area contributed by atoms with Gasteiger partial charge in [0.1, 0.15) is 5.69 Å². The Hall–Kier alpha value is -2.17. The van der Waals surface area contributed by atoms with E-state index in [0.29, 0.717) is 11.6 Å². The molecule has 1 N–H and O–H groups in total. The largest absolute Gasteiger partial charge is 0.330 e. The number of hydrogen-bond donors (Lipinski definition) is 1. The lowest BCUT2D eigenvalue weighted by atomic mass is 9.96. The van der Waals surface area contributed by atoms with Crippen molar-refractivity contribution in [2.75, 3.05) is 6.54 Å². The Bertz CT molecular complexity index is 635. The Labute approximate surface area is 130 Å². The molecule has 5 nitrogen and oxygen atoms in total. The third-order valence-corrected chi connectivity index (χ3v) is 4.27. The zero-order valence-electron chi connectivity index (χ0n) is 13.1. The summed E-state index contributed by atoms with van der Waals surface area (Å²) in [6.45, 7) is 4.95. The molecule has 0 aromatic carbocycles. The van der Waals surface area contributed by atoms with Crippen molar-refractivity contribution >= 4 is 5.91 Å². The molecule has 0 spiro atoms. The SMILES string of the molecule is CC(C)c1cc(C(=O)N2CCCC[C@@H]2c2cccnc2)n[nH]1. The van der Waals surface area contributed by atoms with Crippen LogP contribution in [-0.2, 0) is 0 Å². The van der Waals surface area contributed by atoms with Crippen LogP contribution in [-0.4, -0.2) is 32.5 Å². The molecule has 22 heavy (non-hydrogen) atoms. The van der Waals surface area contributed by atoms with Gasteiger partial charge in [-0.25, -0.2) is 0 Å². The molecule has 5 heteroatoms. The van der Waals surface area contributed by atoms with Crippen molar-refractivity contribution in [3.05, 3.63) is 47.5 Å². The van der Waals surface area contributed by atoms with E-state index in [0.717, 1.165) is 37.1 Å². The van der Waals surface area contributed by atoms with E-state index in [1.807, 2.05) is 29.3 Å². The number of nitrogens with one attached hydrogen (secondary N) is 1. The Morgan fingerprint density at radius 1 is 1.41 bits per heavy atom. The summed E-state index contributed by atoms with van der Waals surface area (Å²) in [5.41, 5.74) is 2.62. The third kappa shape index (κ3) is 2.89. The fourth-order valence-corrected chi connectivity index (χ4v) is 2.98. The predicted octanol–water partition coefficient (Wildman–Crippen LogP) is 3.30. The van der Waals surface area contributed by atoms with Crippen LogP contribution in [0.1, 0.15) is 66.8 Å². The van der Waals surface area contributed by atoms with E-state index < -0.39 is 0 Å². The Balaban J connectivity index is 1.85. The van der Waals surface area contributed by atoms with E-state index in [1.165, 1.54) is 0 Å². The maximum absolute atomic E-state index is 12.8. The van der Waals surface area contributed by atoms with Crippen molar-refractivity contribution in [3.63, 3.8) is 0 Å². The van der Waals surface area contributed by atoms with Crippen molar-refractivity contribution < 1.29 is 4.79 Å². The normalized spacial score (nSPS) is 18.7. The van der Waals surface area contributed by atoms with Gasteiger partial charge in [-0.15, -0.1) is 0 Å². The highest BCUT2D eigenvalue weighted by Crippen LogP contribution is 2.31. The van der Waals surface area contributed by atoms with E-state index >= 15 is 0 Å². The molecule has 1 aliphatic heterocycles. The van der Waals surface area contributed by atoms with E-state index in [-0.39, 0.29) is 11.9 Å². The summed E-state index contributed by atoms with van der Waals surface area (Å²) >= 11 is 0. The summed E-state index contributed by atoms with van der Waals surface area (Å²) in [6, 6.07) is 5.96. The monoisotopic (exact) mass is 298 g/mol. The summed E-state index contributed by atoms with van der Waals surface area (Å²) in [5, 5.41) is 7.18. The summed E-state index contributed by atoms with van der Waals surface area (Å²) in [7, 11) is 0. The number of pyridine rings is 1. The number of aromatic amines is 1. The fourth-order valence-electron chi connectivity index (χ4n) is 2.98. The standard InChI is InChI=1S/C17H22N4O/c1-12(2)14-10-15(20-19-14)17(22)21-9-4-3-7-16(21)13-6-5-8-18-11-13/h5-6,8,10-12,16H,3-4,7,9H2,1-2H3,(H,19,20)/t16-/m1/s1. The number of carbonyl (C=O) groups is 1. The second kappa shape index (κ2) is 6.30. The summed E-state index contributed by atoms with van der Waals surface area (Å²) in [4.78, 5) is 19.0. The van der Waals surface area contributed by atoms with Crippen LogP contribution in [0.25, 0.3) is 0 Å². The van der Waals surface area contributed by atoms with E-state index in [9.17, 15) is 4.79 Å². The van der Waals surface area contributed by atoms with E-state index in [4.69, 9.17) is 0 Å². The first kappa shape index (κ1) is 14.8. The number of rotatable bonds is 3. The average Bonchev–Trinajstić information content (AvgIpc) is 3.05. The van der Waals surface area contributed by atoms with Crippen molar-refractivity contribution in [1.29, 1.82) is 0 Å². The Kier molecular flexibility index (Phi) is 4.22. The van der Waals surface area contributed by atoms with Crippen molar-refractivity contribution in [2.45, 2.75) is 45.1 Å². The highest BCUT2D eigenvalue weighted by molar-refractivity contribution is 5.92. The molecule has 0 bridgehead atoms. The van der Waals surface area contributed by atoms with Gasteiger partial charge in [-0.1, -0.05) is 19.9 Å². The number of carbonyl (C=O) groups excluding carboxylic acids is 1. The first-order chi connectivity index (χ1) is 10.7. The van der Waals surface area contributed by atoms with Crippen LogP contribution in [0.15, 0.2) is 30.6 Å². The maximum Gasteiger partial charge on any atom is 0.274 e. The lowest BCUT2D eigenvalue weighted by Crippen LogP contribution is -2.38. The van der Waals surface area contributed by atoms with Gasteiger partial charge in [-0.2, -0.15) is 5.10 Å². The van der Waals surface area contributed by atoms with Crippen molar-refractivity contribution in [1.82, 2.24) is 20.1 Å². The van der Waals surface area contributed by atoms with Gasteiger partial charge in [-0.3, -0.25) is 14.9 Å². The summed E-state index contributed by atoms with van der Waals surface area (Å²) < 4.78 is 0. The molecule has 1 saturated heterocycles. The van der Waals surface area contributed by atoms with Gasteiger partial charge in [-0.05, 0) is 42.9 Å². The molecule has 2 aromatic rings. The zero-order valence-corrected chi connectivity index (χ0v) is 13.1. The lowest BCUT2D eigenvalue weighted by Gasteiger charge is -2.35. The molecule has 1 amide bonds. The average molecular weight is 298 g/mol. The van der Waals surface area contributed by atoms with Gasteiger partial charge in [0.05, 0.1) is 6.04 Å². The van der Waals surface area contributed by atoms with E-state index in [1.54, 1.807) is 6.20 Å². The highest BCUT2D eigenvalue weighted by atomic mass is 16.2. The lowest BCUT2D eigenvalue weighted by molar-refractivity contribution is 0.0605. The summed E-state index contributed by atoms with van der Waals surface area (Å²) in [6.07, 6.45) is 6.80. The minimum absolute atomic E-state index is 0.0108. The molecule has 116 valence electrons. The Morgan fingerprint density at radius 2 is 2.27 bits per heavy atom. The van der Waals surface area contributed by atoms with Crippen LogP contribution in [0, 0.1) is 0 Å². The van der Waals surface area contributed by atoms with Crippen LogP contribution in [0.3, 0.4) is 0 Å². The first-order valence-electron chi connectivity index (χ1n) is 7.93. The van der Waals surface area contributed by atoms with Crippen molar-refractivity contribution in [2.24, 2.45) is 0 Å². The summed E-state index contributed by atoms with van der Waals surface area (Å²) in [5.74, 6) is 0.348. The van der Waals surface area contributed by atoms with E-state index in [2.05, 4.69) is 29.0 Å². The molecule has 1 aliphatic rings. The van der Waals surface area contributed by atoms with Gasteiger partial charge >= 0.3 is 0 Å². The fraction of sp³-hybridized carbons (Fsp3) is 0.471. The zero-order chi connectivity index (χ0) is 15.5. The van der Waals surface area contributed by atoms with Gasteiger partial charge in [0.25, 0.3) is 5.91 Å². The molecular weight excluding hydrogens is 276 g/mol. The first-order valence-corrected chi connectivity index (χ1v) is 7.93. The van der Waals surface area contributed by atoms with Crippen LogP contribution in [0.4, 0.5) is 0 Å². The van der Waals surface area contributed by atoms with Gasteiger partial charge in [0, 0.05) is 24.6 Å². The molecule has 3 heterocycles. The van der Waals surface area contributed by atoms with Crippen LogP contribution < -0.4 is 0 Å². The number of likely N-dealkylation sites (tertiary alicyclic amines) is 1. The minimum Gasteiger partial charge on any atom is -0.330 e.